The zero-order valence-electron chi connectivity index (χ0n) is 9.16. The first kappa shape index (κ1) is 13.7. The second kappa shape index (κ2) is 8.03. The Bertz CT molecular complexity index is 226. The highest BCUT2D eigenvalue weighted by Crippen LogP contribution is 2.04. The lowest BCUT2D eigenvalue weighted by Gasteiger charge is -2.06. The first-order valence-corrected chi connectivity index (χ1v) is 5.18. The van der Waals surface area contributed by atoms with Crippen molar-refractivity contribution in [2.24, 2.45) is 5.92 Å². The van der Waals surface area contributed by atoms with Crippen molar-refractivity contribution in [1.82, 2.24) is 5.32 Å². The summed E-state index contributed by atoms with van der Waals surface area (Å²) in [4.78, 5) is 21.6. The molecule has 4 heteroatoms. The highest BCUT2D eigenvalue weighted by Gasteiger charge is 2.09. The highest BCUT2D eigenvalue weighted by atomic mass is 16.4. The third-order valence-corrected chi connectivity index (χ3v) is 2.13. The Morgan fingerprint density at radius 2 is 2.20 bits per heavy atom. The van der Waals surface area contributed by atoms with E-state index < -0.39 is 5.97 Å². The fraction of sp³-hybridized carbons (Fsp3) is 0.636. The van der Waals surface area contributed by atoms with Crippen LogP contribution in [0.25, 0.3) is 0 Å². The third kappa shape index (κ3) is 7.73. The average molecular weight is 213 g/mol. The van der Waals surface area contributed by atoms with Gasteiger partial charge in [-0.15, -0.1) is 6.58 Å². The summed E-state index contributed by atoms with van der Waals surface area (Å²) in [5.74, 6) is -1.12. The zero-order valence-corrected chi connectivity index (χ0v) is 9.16. The molecule has 0 rings (SSSR count). The SMILES string of the molecule is C=CCCC(=O)NCCCC(C)C(=O)O. The number of carbonyl (C=O) groups is 2. The maximum absolute atomic E-state index is 11.1. The first-order valence-electron chi connectivity index (χ1n) is 5.18. The van der Waals surface area contributed by atoms with Gasteiger partial charge in [0.15, 0.2) is 0 Å². The van der Waals surface area contributed by atoms with Gasteiger partial charge in [0, 0.05) is 13.0 Å². The summed E-state index contributed by atoms with van der Waals surface area (Å²) in [5, 5.41) is 11.3. The van der Waals surface area contributed by atoms with Crippen molar-refractivity contribution in [1.29, 1.82) is 0 Å². The molecule has 0 saturated carbocycles. The molecule has 1 amide bonds. The quantitative estimate of drug-likeness (QED) is 0.475. The van der Waals surface area contributed by atoms with Crippen molar-refractivity contribution in [2.45, 2.75) is 32.6 Å². The minimum Gasteiger partial charge on any atom is -0.481 e. The van der Waals surface area contributed by atoms with Crippen LogP contribution in [0.15, 0.2) is 12.7 Å². The summed E-state index contributed by atoms with van der Waals surface area (Å²) in [5.41, 5.74) is 0. The van der Waals surface area contributed by atoms with E-state index in [0.717, 1.165) is 0 Å². The topological polar surface area (TPSA) is 66.4 Å². The molecule has 0 fully saturated rings. The molecule has 86 valence electrons. The molecule has 1 atom stereocenters. The Kier molecular flexibility index (Phi) is 7.32. The molecular formula is C11H19NO3. The van der Waals surface area contributed by atoms with Crippen LogP contribution >= 0.6 is 0 Å². The maximum Gasteiger partial charge on any atom is 0.306 e. The molecule has 0 heterocycles. The van der Waals surface area contributed by atoms with E-state index in [2.05, 4.69) is 11.9 Å². The zero-order chi connectivity index (χ0) is 11.7. The first-order chi connectivity index (χ1) is 7.07. The van der Waals surface area contributed by atoms with Crippen LogP contribution in [0.5, 0.6) is 0 Å². The van der Waals surface area contributed by atoms with E-state index in [-0.39, 0.29) is 11.8 Å². The Hall–Kier alpha value is -1.32. The van der Waals surface area contributed by atoms with Gasteiger partial charge in [-0.1, -0.05) is 13.0 Å². The maximum atomic E-state index is 11.1. The second-order valence-corrected chi connectivity index (χ2v) is 3.56. The number of amides is 1. The summed E-state index contributed by atoms with van der Waals surface area (Å²) in [7, 11) is 0. The lowest BCUT2D eigenvalue weighted by molar-refractivity contribution is -0.141. The van der Waals surface area contributed by atoms with Gasteiger partial charge in [-0.2, -0.15) is 0 Å². The van der Waals surface area contributed by atoms with Crippen molar-refractivity contribution >= 4 is 11.9 Å². The van der Waals surface area contributed by atoms with Crippen molar-refractivity contribution in [3.8, 4) is 0 Å². The van der Waals surface area contributed by atoms with E-state index in [0.29, 0.717) is 32.2 Å². The molecule has 1 unspecified atom stereocenters. The van der Waals surface area contributed by atoms with Crippen LogP contribution in [0.2, 0.25) is 0 Å². The second-order valence-electron chi connectivity index (χ2n) is 3.56. The number of allylic oxidation sites excluding steroid dienone is 1. The number of carboxylic acids is 1. The monoisotopic (exact) mass is 213 g/mol. The molecule has 0 aromatic carbocycles. The molecule has 0 aliphatic rings. The minimum atomic E-state index is -0.784. The van der Waals surface area contributed by atoms with Crippen molar-refractivity contribution in [3.63, 3.8) is 0 Å². The molecule has 0 spiro atoms. The van der Waals surface area contributed by atoms with E-state index in [1.807, 2.05) is 0 Å². The van der Waals surface area contributed by atoms with Crippen LogP contribution in [0.3, 0.4) is 0 Å². The van der Waals surface area contributed by atoms with Crippen molar-refractivity contribution in [2.75, 3.05) is 6.54 Å². The Morgan fingerprint density at radius 3 is 2.73 bits per heavy atom. The molecule has 0 aromatic rings. The number of hydrogen-bond acceptors (Lipinski definition) is 2. The average Bonchev–Trinajstić information content (AvgIpc) is 2.20. The van der Waals surface area contributed by atoms with Crippen LogP contribution < -0.4 is 5.32 Å². The normalized spacial score (nSPS) is 11.8. The molecule has 0 aromatic heterocycles. The Morgan fingerprint density at radius 1 is 1.53 bits per heavy atom. The number of carboxylic acid groups (broad SMARTS) is 1. The predicted molar refractivity (Wildman–Crippen MR) is 58.5 cm³/mol. The van der Waals surface area contributed by atoms with Gasteiger partial charge in [0.05, 0.1) is 5.92 Å². The summed E-state index contributed by atoms with van der Waals surface area (Å²) in [6, 6.07) is 0. The molecule has 4 nitrogen and oxygen atoms in total. The van der Waals surface area contributed by atoms with Gasteiger partial charge in [-0.25, -0.2) is 0 Å². The van der Waals surface area contributed by atoms with E-state index in [4.69, 9.17) is 5.11 Å². The van der Waals surface area contributed by atoms with Gasteiger partial charge in [0.2, 0.25) is 5.91 Å². The molecule has 0 bridgehead atoms. The number of carbonyl (C=O) groups excluding carboxylic acids is 1. The van der Waals surface area contributed by atoms with Crippen LogP contribution in [0, 0.1) is 5.92 Å². The fourth-order valence-electron chi connectivity index (χ4n) is 1.08. The van der Waals surface area contributed by atoms with E-state index in [1.165, 1.54) is 0 Å². The number of rotatable bonds is 8. The lowest BCUT2D eigenvalue weighted by Crippen LogP contribution is -2.24. The van der Waals surface area contributed by atoms with E-state index >= 15 is 0 Å². The fourth-order valence-corrected chi connectivity index (χ4v) is 1.08. The summed E-state index contributed by atoms with van der Waals surface area (Å²) >= 11 is 0. The number of nitrogens with one attached hydrogen (secondary N) is 1. The molecular weight excluding hydrogens is 194 g/mol. The van der Waals surface area contributed by atoms with E-state index in [1.54, 1.807) is 13.0 Å². The molecule has 2 N–H and O–H groups in total. The number of hydrogen-bond donors (Lipinski definition) is 2. The molecule has 0 aliphatic carbocycles. The lowest BCUT2D eigenvalue weighted by atomic mass is 10.1. The molecule has 0 saturated heterocycles. The van der Waals surface area contributed by atoms with Gasteiger partial charge in [-0.3, -0.25) is 9.59 Å². The van der Waals surface area contributed by atoms with Gasteiger partial charge >= 0.3 is 5.97 Å². The van der Waals surface area contributed by atoms with Gasteiger partial charge in [-0.05, 0) is 19.3 Å². The molecule has 0 aliphatic heterocycles. The minimum absolute atomic E-state index is 0.00196. The third-order valence-electron chi connectivity index (χ3n) is 2.13. The Balaban J connectivity index is 3.41. The van der Waals surface area contributed by atoms with Crippen molar-refractivity contribution < 1.29 is 14.7 Å². The van der Waals surface area contributed by atoms with Gasteiger partial charge < -0.3 is 10.4 Å². The number of aliphatic carboxylic acids is 1. The standard InChI is InChI=1S/C11H19NO3/c1-3-4-7-10(13)12-8-5-6-9(2)11(14)15/h3,9H,1,4-8H2,2H3,(H,12,13)(H,14,15). The smallest absolute Gasteiger partial charge is 0.306 e. The van der Waals surface area contributed by atoms with E-state index in [9.17, 15) is 9.59 Å². The summed E-state index contributed by atoms with van der Waals surface area (Å²) in [6.45, 7) is 5.74. The van der Waals surface area contributed by atoms with Gasteiger partial charge in [0.1, 0.15) is 0 Å². The predicted octanol–water partition coefficient (Wildman–Crippen LogP) is 1.57. The molecule has 15 heavy (non-hydrogen) atoms. The van der Waals surface area contributed by atoms with Crippen LogP contribution in [-0.4, -0.2) is 23.5 Å². The summed E-state index contributed by atoms with van der Waals surface area (Å²) in [6.07, 6.45) is 4.13. The largest absolute Gasteiger partial charge is 0.481 e. The Labute approximate surface area is 90.4 Å². The summed E-state index contributed by atoms with van der Waals surface area (Å²) < 4.78 is 0. The van der Waals surface area contributed by atoms with Crippen LogP contribution in [-0.2, 0) is 9.59 Å². The molecule has 0 radical (unpaired) electrons. The van der Waals surface area contributed by atoms with Gasteiger partial charge in [0.25, 0.3) is 0 Å². The highest BCUT2D eigenvalue weighted by molar-refractivity contribution is 5.75. The van der Waals surface area contributed by atoms with Crippen molar-refractivity contribution in [3.05, 3.63) is 12.7 Å². The van der Waals surface area contributed by atoms with Crippen LogP contribution in [0.1, 0.15) is 32.6 Å². The van der Waals surface area contributed by atoms with Crippen LogP contribution in [0.4, 0.5) is 0 Å².